The molecule has 7 nitrogen and oxygen atoms in total. The smallest absolute Gasteiger partial charge is 0.416 e. The van der Waals surface area contributed by atoms with Crippen molar-refractivity contribution in [3.63, 3.8) is 0 Å². The molecule has 0 spiro atoms. The molecule has 0 aliphatic rings. The van der Waals surface area contributed by atoms with E-state index in [9.17, 15) is 27.6 Å². The van der Waals surface area contributed by atoms with Gasteiger partial charge in [0.1, 0.15) is 23.9 Å². The predicted molar refractivity (Wildman–Crippen MR) is 141 cm³/mol. The number of rotatable bonds is 11. The van der Waals surface area contributed by atoms with Crippen molar-refractivity contribution in [2.45, 2.75) is 32.5 Å². The van der Waals surface area contributed by atoms with E-state index in [1.54, 1.807) is 35.0 Å². The molecule has 0 atom stereocenters. The predicted octanol–water partition coefficient (Wildman–Crippen LogP) is 6.54. The van der Waals surface area contributed by atoms with Crippen LogP contribution < -0.4 is 9.47 Å². The number of nitrogens with zero attached hydrogens (tertiary/aromatic N) is 1. The quantitative estimate of drug-likeness (QED) is 0.155. The first-order chi connectivity index (χ1) is 19.0. The average Bonchev–Trinajstić information content (AvgIpc) is 3.28. The van der Waals surface area contributed by atoms with E-state index in [0.29, 0.717) is 28.0 Å². The van der Waals surface area contributed by atoms with Gasteiger partial charge in [-0.15, -0.1) is 0 Å². The van der Waals surface area contributed by atoms with E-state index in [1.165, 1.54) is 19.2 Å². The number of ether oxygens (including phenoxy) is 3. The highest BCUT2D eigenvalue weighted by atomic mass is 19.4. The SMILES string of the molecule is COC(=O)CCC(=O)c1cn(CC(=O)COc2ccc(Oc3ccc(C(F)(F)F)cc3)cc2)c2ccc(C)cc12. The molecule has 0 bridgehead atoms. The maximum Gasteiger partial charge on any atom is 0.416 e. The third-order valence-corrected chi connectivity index (χ3v) is 6.11. The number of esters is 1. The molecule has 0 saturated heterocycles. The number of hydrogen-bond donors (Lipinski definition) is 0. The number of halogens is 3. The summed E-state index contributed by atoms with van der Waals surface area (Å²) in [6.07, 6.45) is -2.84. The lowest BCUT2D eigenvalue weighted by molar-refractivity contribution is -0.140. The summed E-state index contributed by atoms with van der Waals surface area (Å²) in [4.78, 5) is 37.0. The number of ketones is 2. The van der Waals surface area contributed by atoms with Gasteiger partial charge in [-0.25, -0.2) is 0 Å². The highest BCUT2D eigenvalue weighted by molar-refractivity contribution is 6.09. The molecule has 4 aromatic rings. The molecule has 3 aromatic carbocycles. The summed E-state index contributed by atoms with van der Waals surface area (Å²) in [5, 5.41) is 0.701. The molecule has 0 radical (unpaired) electrons. The van der Waals surface area contributed by atoms with E-state index < -0.39 is 17.7 Å². The lowest BCUT2D eigenvalue weighted by Crippen LogP contribution is -2.17. The van der Waals surface area contributed by atoms with E-state index in [-0.39, 0.29) is 43.3 Å². The Morgan fingerprint density at radius 1 is 0.850 bits per heavy atom. The van der Waals surface area contributed by atoms with Gasteiger partial charge in [-0.3, -0.25) is 14.4 Å². The lowest BCUT2D eigenvalue weighted by Gasteiger charge is -2.10. The lowest BCUT2D eigenvalue weighted by atomic mass is 10.0. The minimum absolute atomic E-state index is 0.00460. The van der Waals surface area contributed by atoms with Crippen LogP contribution in [0.15, 0.2) is 72.9 Å². The van der Waals surface area contributed by atoms with Crippen molar-refractivity contribution in [2.24, 2.45) is 0 Å². The molecule has 0 N–H and O–H groups in total. The number of benzene rings is 3. The first-order valence-electron chi connectivity index (χ1n) is 12.3. The Bertz CT molecular complexity index is 1520. The number of methoxy groups -OCH3 is 1. The van der Waals surface area contributed by atoms with Crippen LogP contribution in [0.2, 0.25) is 0 Å². The van der Waals surface area contributed by atoms with Crippen molar-refractivity contribution in [3.05, 3.63) is 89.6 Å². The van der Waals surface area contributed by atoms with Gasteiger partial charge in [0.15, 0.2) is 11.6 Å². The highest BCUT2D eigenvalue weighted by Crippen LogP contribution is 2.32. The minimum atomic E-state index is -4.42. The second-order valence-electron chi connectivity index (χ2n) is 9.11. The van der Waals surface area contributed by atoms with Crippen molar-refractivity contribution >= 4 is 28.4 Å². The van der Waals surface area contributed by atoms with Crippen LogP contribution in [0.4, 0.5) is 13.2 Å². The molecule has 0 aliphatic heterocycles. The van der Waals surface area contributed by atoms with E-state index in [4.69, 9.17) is 9.47 Å². The summed E-state index contributed by atoms with van der Waals surface area (Å²) in [5.74, 6) is 0.101. The van der Waals surface area contributed by atoms with Gasteiger partial charge in [0.05, 0.1) is 25.6 Å². The third kappa shape index (κ3) is 7.07. The molecule has 0 saturated carbocycles. The Labute approximate surface area is 228 Å². The molecule has 0 aliphatic carbocycles. The maximum absolute atomic E-state index is 12.8. The average molecular weight is 554 g/mol. The van der Waals surface area contributed by atoms with Crippen LogP contribution in [0.25, 0.3) is 10.9 Å². The van der Waals surface area contributed by atoms with Crippen molar-refractivity contribution in [2.75, 3.05) is 13.7 Å². The summed E-state index contributed by atoms with van der Waals surface area (Å²) in [6.45, 7) is 1.65. The number of carbonyl (C=O) groups excluding carboxylic acids is 3. The monoisotopic (exact) mass is 553 g/mol. The normalized spacial score (nSPS) is 11.3. The zero-order valence-electron chi connectivity index (χ0n) is 21.8. The van der Waals surface area contributed by atoms with Crippen LogP contribution in [0, 0.1) is 6.92 Å². The summed E-state index contributed by atoms with van der Waals surface area (Å²) in [5.41, 5.74) is 1.33. The van der Waals surface area contributed by atoms with Crippen LogP contribution >= 0.6 is 0 Å². The van der Waals surface area contributed by atoms with Gasteiger partial charge in [-0.2, -0.15) is 13.2 Å². The first-order valence-corrected chi connectivity index (χ1v) is 12.3. The second-order valence-corrected chi connectivity index (χ2v) is 9.11. The number of aryl methyl sites for hydroxylation is 1. The summed E-state index contributed by atoms with van der Waals surface area (Å²) in [7, 11) is 1.27. The second kappa shape index (κ2) is 12.1. The van der Waals surface area contributed by atoms with Crippen LogP contribution in [0.3, 0.4) is 0 Å². The molecule has 10 heteroatoms. The molecule has 208 valence electrons. The molecule has 4 rings (SSSR count). The van der Waals surface area contributed by atoms with Crippen LogP contribution in [0.1, 0.15) is 34.3 Å². The van der Waals surface area contributed by atoms with Gasteiger partial charge in [0.2, 0.25) is 0 Å². The summed E-state index contributed by atoms with van der Waals surface area (Å²) < 4.78 is 55.6. The van der Waals surface area contributed by atoms with E-state index in [1.807, 2.05) is 25.1 Å². The Kier molecular flexibility index (Phi) is 8.57. The molecule has 1 heterocycles. The Balaban J connectivity index is 1.37. The maximum atomic E-state index is 12.8. The molecule has 1 aromatic heterocycles. The van der Waals surface area contributed by atoms with E-state index in [0.717, 1.165) is 17.7 Å². The van der Waals surface area contributed by atoms with Gasteiger partial charge >= 0.3 is 12.1 Å². The highest BCUT2D eigenvalue weighted by Gasteiger charge is 2.30. The zero-order chi connectivity index (χ0) is 28.9. The number of fused-ring (bicyclic) bond motifs is 1. The van der Waals surface area contributed by atoms with E-state index >= 15 is 0 Å². The fourth-order valence-electron chi connectivity index (χ4n) is 4.07. The van der Waals surface area contributed by atoms with Crippen molar-refractivity contribution < 1.29 is 41.8 Å². The summed E-state index contributed by atoms with van der Waals surface area (Å²) in [6, 6.07) is 16.2. The molecule has 0 unspecified atom stereocenters. The zero-order valence-corrected chi connectivity index (χ0v) is 21.8. The Morgan fingerprint density at radius 2 is 1.48 bits per heavy atom. The number of aromatic nitrogens is 1. The Morgan fingerprint density at radius 3 is 2.10 bits per heavy atom. The van der Waals surface area contributed by atoms with Crippen molar-refractivity contribution in [3.8, 4) is 17.2 Å². The minimum Gasteiger partial charge on any atom is -0.486 e. The molecule has 0 amide bonds. The molecular weight excluding hydrogens is 527 g/mol. The number of carbonyl (C=O) groups is 3. The summed E-state index contributed by atoms with van der Waals surface area (Å²) >= 11 is 0. The van der Waals surface area contributed by atoms with Gasteiger partial charge < -0.3 is 18.8 Å². The third-order valence-electron chi connectivity index (χ3n) is 6.11. The number of alkyl halides is 3. The Hall–Kier alpha value is -4.60. The van der Waals surface area contributed by atoms with Crippen LogP contribution in [-0.4, -0.2) is 35.8 Å². The largest absolute Gasteiger partial charge is 0.486 e. The van der Waals surface area contributed by atoms with E-state index in [2.05, 4.69) is 4.74 Å². The standard InChI is InChI=1S/C30H26F3NO6/c1-19-3-12-27-25(15-19)26(28(36)13-14-29(37)38-2)17-34(27)16-21(35)18-39-22-8-10-24(11-9-22)40-23-6-4-20(5-7-23)30(31,32)33/h3-12,15,17H,13-14,16,18H2,1-2H3. The van der Waals surface area contributed by atoms with Gasteiger partial charge in [0, 0.05) is 29.1 Å². The topological polar surface area (TPSA) is 83.8 Å². The number of Topliss-reactive ketones (excluding diaryl/α,β-unsaturated/α-hetero) is 2. The van der Waals surface area contributed by atoms with Crippen LogP contribution in [0.5, 0.6) is 17.2 Å². The fraction of sp³-hybridized carbons (Fsp3) is 0.233. The van der Waals surface area contributed by atoms with Crippen molar-refractivity contribution in [1.29, 1.82) is 0 Å². The van der Waals surface area contributed by atoms with Crippen LogP contribution in [-0.2, 0) is 27.0 Å². The van der Waals surface area contributed by atoms with Gasteiger partial charge in [-0.05, 0) is 67.6 Å². The molecular formula is C30H26F3NO6. The molecule has 40 heavy (non-hydrogen) atoms. The molecule has 0 fully saturated rings. The number of hydrogen-bond acceptors (Lipinski definition) is 6. The fourth-order valence-corrected chi connectivity index (χ4v) is 4.07. The first kappa shape index (κ1) is 28.4. The van der Waals surface area contributed by atoms with Gasteiger partial charge in [0.25, 0.3) is 0 Å². The van der Waals surface area contributed by atoms with Crippen molar-refractivity contribution in [1.82, 2.24) is 4.57 Å². The van der Waals surface area contributed by atoms with Gasteiger partial charge in [-0.1, -0.05) is 11.6 Å².